The van der Waals surface area contributed by atoms with Crippen molar-refractivity contribution in [2.75, 3.05) is 106 Å². The van der Waals surface area contributed by atoms with E-state index >= 15 is 0 Å². The number of hydrogen-bond donors (Lipinski definition) is 1. The summed E-state index contributed by atoms with van der Waals surface area (Å²) in [6.45, 7) is 9.37. The molecule has 0 spiro atoms. The maximum absolute atomic E-state index is 11.5. The molecule has 9 aliphatic rings. The van der Waals surface area contributed by atoms with Gasteiger partial charge in [-0.3, -0.25) is 0 Å². The van der Waals surface area contributed by atoms with Crippen molar-refractivity contribution >= 4 is 59.6 Å². The van der Waals surface area contributed by atoms with Crippen molar-refractivity contribution in [2.45, 2.75) is 32.1 Å². The van der Waals surface area contributed by atoms with Gasteiger partial charge >= 0.3 is 138 Å². The van der Waals surface area contributed by atoms with Gasteiger partial charge in [0.05, 0.1) is 84.8 Å². The fraction of sp³-hybridized carbons (Fsp3) is 0.300. The van der Waals surface area contributed by atoms with E-state index in [9.17, 15) is 111 Å². The molecule has 642 valence electrons. The molecule has 115 heavy (non-hydrogen) atoms. The fourth-order valence-electron chi connectivity index (χ4n) is 10.0. The fourth-order valence-corrected chi connectivity index (χ4v) is 10.2. The first-order chi connectivity index (χ1) is 52.7. The number of benzene rings is 5. The molecule has 9 aromatic rings. The molecule has 0 aliphatic carbocycles. The van der Waals surface area contributed by atoms with E-state index in [1.54, 1.807) is 6.07 Å². The third-order valence-corrected chi connectivity index (χ3v) is 14.7. The van der Waals surface area contributed by atoms with Gasteiger partial charge in [0.1, 0.15) is 49.4 Å². The number of rotatable bonds is 2. The van der Waals surface area contributed by atoms with Crippen LogP contribution in [0.4, 0.5) is 101 Å². The van der Waals surface area contributed by atoms with Gasteiger partial charge in [0, 0.05) is 93.5 Å². The van der Waals surface area contributed by atoms with Crippen molar-refractivity contribution < 1.29 is 176 Å². The molecule has 0 radical (unpaired) electrons. The summed E-state index contributed by atoms with van der Waals surface area (Å²) in [6.07, 6.45) is 17.3. The van der Waals surface area contributed by atoms with Crippen LogP contribution in [0.5, 0.6) is 23.0 Å². The number of ether oxygens (including phenoxy) is 10. The van der Waals surface area contributed by atoms with Gasteiger partial charge in [0.15, 0.2) is 75.8 Å². The molecule has 16 nitrogen and oxygen atoms in total. The molecule has 0 unspecified atom stereocenters. The van der Waals surface area contributed by atoms with Crippen molar-refractivity contribution in [3.8, 4) is 45.3 Å². The van der Waals surface area contributed by atoms with Crippen LogP contribution in [0.25, 0.3) is 33.0 Å². The van der Waals surface area contributed by atoms with E-state index < -0.39 is 37.2 Å². The van der Waals surface area contributed by atoms with Crippen LogP contribution in [0.15, 0.2) is 195 Å². The van der Waals surface area contributed by atoms with E-state index in [1.165, 1.54) is 56.6 Å². The average molecular weight is 1780 g/mol. The summed E-state index contributed by atoms with van der Waals surface area (Å²) in [5.74, 6) is 1.70. The minimum Gasteiger partial charge on any atom is -0.491 e. The molecule has 4 aromatic heterocycles. The van der Waals surface area contributed by atoms with Gasteiger partial charge in [-0.25, -0.2) is 23.1 Å². The monoisotopic (exact) mass is 1780 g/mol. The Hall–Kier alpha value is -8.28. The zero-order chi connectivity index (χ0) is 85.3. The number of hydrogen-bond acceptors (Lipinski definition) is 11. The minimum absolute atomic E-state index is 0.0628. The van der Waals surface area contributed by atoms with Gasteiger partial charge in [0.25, 0.3) is 0 Å². The Bertz CT molecular complexity index is 4250. The summed E-state index contributed by atoms with van der Waals surface area (Å²) in [7, 11) is -42.6. The zero-order valence-electron chi connectivity index (χ0n) is 59.8. The Morgan fingerprint density at radius 2 is 0.539 bits per heavy atom. The maximum Gasteiger partial charge on any atom is 0.335 e. The third-order valence-electron chi connectivity index (χ3n) is 14.4. The van der Waals surface area contributed by atoms with Crippen LogP contribution in [0, 0.1) is 0 Å². The van der Waals surface area contributed by atoms with Crippen LogP contribution in [0.1, 0.15) is 38.2 Å². The largest absolute Gasteiger partial charge is 0.491 e. The Labute approximate surface area is 645 Å². The third kappa shape index (κ3) is 49.4. The van der Waals surface area contributed by atoms with Crippen LogP contribution >= 0.6 is 42.8 Å². The number of carboxylic acid groups (broad SMARTS) is 1. The van der Waals surface area contributed by atoms with E-state index in [0.717, 1.165) is 54.0 Å². The second-order valence-electron chi connectivity index (χ2n) is 24.7. The van der Waals surface area contributed by atoms with Gasteiger partial charge in [-0.2, -0.15) is 0 Å². The first-order valence-electron chi connectivity index (χ1n) is 33.5. The van der Waals surface area contributed by atoms with E-state index in [-0.39, 0.29) is 18.8 Å². The Morgan fingerprint density at radius 3 is 0.783 bits per heavy atom. The molecule has 0 atom stereocenters. The predicted molar refractivity (Wildman–Crippen MR) is 382 cm³/mol. The van der Waals surface area contributed by atoms with Crippen molar-refractivity contribution in [2.24, 2.45) is 0 Å². The topological polar surface area (TPSA) is 145 Å². The summed E-state index contributed by atoms with van der Waals surface area (Å²) in [4.78, 5) is 11.5. The molecule has 9 aliphatic heterocycles. The molecule has 1 N–H and O–H groups in total. The number of carboxylic acids is 1. The van der Waals surface area contributed by atoms with Crippen LogP contribution in [-0.4, -0.2) is 117 Å². The minimum atomic E-state index is -10.7. The van der Waals surface area contributed by atoms with Crippen LogP contribution in [-0.2, 0) is 60.5 Å². The van der Waals surface area contributed by atoms with Crippen molar-refractivity contribution in [3.05, 3.63) is 229 Å². The molecule has 18 rings (SSSR count). The molecule has 45 heteroatoms. The van der Waals surface area contributed by atoms with Crippen molar-refractivity contribution in [1.29, 1.82) is 0 Å². The summed E-state index contributed by atoms with van der Waals surface area (Å²) >= 11 is 6.31. The molecule has 0 saturated carbocycles. The number of halogens is 25. The molecule has 5 aromatic carbocycles. The molecule has 0 saturated heterocycles. The molecule has 0 amide bonds. The van der Waals surface area contributed by atoms with Gasteiger partial charge in [-0.05, 0) is 70.3 Å². The zero-order valence-corrected chi connectivity index (χ0v) is 64.1. The van der Waals surface area contributed by atoms with Gasteiger partial charge in [0.2, 0.25) is 0 Å². The second kappa shape index (κ2) is 36.7. The normalized spacial score (nSPS) is 17.3. The van der Waals surface area contributed by atoms with Crippen LogP contribution < -0.4 is 37.2 Å². The summed E-state index contributed by atoms with van der Waals surface area (Å²) in [6, 6.07) is 49.5. The summed E-state index contributed by atoms with van der Waals surface area (Å²) in [5, 5.41) is 11.4. The Balaban J connectivity index is 0.000000268. The number of pyridine rings is 4. The van der Waals surface area contributed by atoms with E-state index in [2.05, 4.69) is 159 Å². The van der Waals surface area contributed by atoms with E-state index in [4.69, 9.17) is 59.0 Å². The van der Waals surface area contributed by atoms with Gasteiger partial charge in [-0.15, -0.1) is 11.6 Å². The van der Waals surface area contributed by atoms with Crippen molar-refractivity contribution in [3.63, 3.8) is 0 Å². The maximum atomic E-state index is 11.5. The quantitative estimate of drug-likeness (QED) is 0.0761. The van der Waals surface area contributed by atoms with Gasteiger partial charge in [-0.1, -0.05) is 48.5 Å². The number of aromatic nitrogens is 4. The van der Waals surface area contributed by atoms with Crippen molar-refractivity contribution in [1.82, 2.24) is 0 Å². The predicted octanol–water partition coefficient (Wildman–Crippen LogP) is 22.8. The Morgan fingerprint density at radius 1 is 0.304 bits per heavy atom. The van der Waals surface area contributed by atoms with Crippen LogP contribution in [0.3, 0.4) is 0 Å². The van der Waals surface area contributed by atoms with Gasteiger partial charge < -0.3 is 52.5 Å². The average Bonchev–Trinajstić information content (AvgIpc) is 0.824. The molecular weight excluding hydrogens is 1700 g/mol. The first-order valence-corrected chi connectivity index (χ1v) is 42.2. The number of fused-ring (bicyclic) bond motifs is 3. The van der Waals surface area contributed by atoms with Crippen LogP contribution in [0.2, 0.25) is 0 Å². The Kier molecular flexibility index (Phi) is 30.5. The SMILES string of the molecule is ClCc1cc2cc(c1)C[n+]1ccc(cc1)-c1cc[n+](cc1)Cc1ccc(cc1)C[n+]1ccc(cc1)-c1cc[n+](cc1)C2.F[P-](F)(F)(F)(F)F.F[P-](F)(F)(F)(F)F.F[P-](F)(F)(F)(F)F.F[P-](F)(F)(F)(F)F.O=C(O)c1cc2cc(c1)OCCOCCOCCOCCOc1cccc3c(cccc13)OCCOCCOCCOCCO2. The second-order valence-corrected chi connectivity index (χ2v) is 32.6. The number of carbonyl (C=O) groups is 1. The standard InChI is InChI=1S/C37H33ClN4.C33H42O12.4F6P/c38-24-31-21-32-23-33(22-31)28-42-19-11-37(12-20-42)35-7-15-40(16-8-35)26-30-2-1-29(3-4-30)25-39-13-5-34(6-14-39)36-9-17-41(27-32)18-10-36;34-33(35)26-23-27-25-28(24-26)43-20-16-39-12-8-37-10-14-41-18-22-45-32-6-2-4-30-29(32)3-1-5-31(30)44-21-17-40-13-9-36-7-11-38-15-19-42-27;4*1-7(2,3,4,5)6/h1-23H,24-28H2;1-6,23-25H,7-22H2,(H,34,35);;;;/q+4;;4*-1. The number of nitrogens with zero attached hydrogens (tertiary/aromatic N) is 4. The molecular formula is C70H75ClF24N4O12P4. The van der Waals surface area contributed by atoms with E-state index in [0.29, 0.717) is 110 Å². The molecule has 0 fully saturated rings. The summed E-state index contributed by atoms with van der Waals surface area (Å²) in [5.41, 5.74) is 11.1. The smallest absolute Gasteiger partial charge is 0.335 e. The molecule has 13 heterocycles. The number of alkyl halides is 1. The molecule has 18 bridgehead atoms. The van der Waals surface area contributed by atoms with E-state index in [1.807, 2.05) is 36.4 Å². The number of aromatic carboxylic acids is 1. The first kappa shape index (κ1) is 95.6. The summed E-state index contributed by atoms with van der Waals surface area (Å²) < 4.78 is 302.